The van der Waals surface area contributed by atoms with Crippen LogP contribution in [-0.4, -0.2) is 28.5 Å². The summed E-state index contributed by atoms with van der Waals surface area (Å²) in [4.78, 5) is 20.7. The van der Waals surface area contributed by atoms with Crippen LogP contribution in [0.1, 0.15) is 30.5 Å². The summed E-state index contributed by atoms with van der Waals surface area (Å²) in [7, 11) is 0. The van der Waals surface area contributed by atoms with E-state index in [2.05, 4.69) is 14.7 Å². The molecule has 1 aromatic carbocycles. The first-order valence-corrected chi connectivity index (χ1v) is 9.47. The van der Waals surface area contributed by atoms with E-state index < -0.39 is 12.8 Å². The highest BCUT2D eigenvalue weighted by atomic mass is 19.4. The molecule has 0 aliphatic heterocycles. The molecule has 30 heavy (non-hydrogen) atoms. The summed E-state index contributed by atoms with van der Waals surface area (Å²) >= 11 is 0. The number of Topliss-reactive ketones (excluding diaryl/α,β-unsaturated/α-hetero) is 1. The summed E-state index contributed by atoms with van der Waals surface area (Å²) in [5.74, 6) is -0.0389. The zero-order chi connectivity index (χ0) is 21.6. The molecular formula is C23H21F3N2O2. The van der Waals surface area contributed by atoms with Gasteiger partial charge in [0, 0.05) is 36.8 Å². The van der Waals surface area contributed by atoms with Crippen LogP contribution in [0.5, 0.6) is 5.75 Å². The van der Waals surface area contributed by atoms with Gasteiger partial charge in [-0.05, 0) is 34.9 Å². The zero-order valence-electron chi connectivity index (χ0n) is 16.4. The lowest BCUT2D eigenvalue weighted by Gasteiger charge is -2.12. The second-order valence-electron chi connectivity index (χ2n) is 7.08. The topological polar surface area (TPSA) is 52.1 Å². The van der Waals surface area contributed by atoms with Crippen molar-refractivity contribution in [3.8, 4) is 16.9 Å². The molecule has 0 radical (unpaired) electrons. The minimum atomic E-state index is -4.39. The van der Waals surface area contributed by atoms with Gasteiger partial charge in [-0.1, -0.05) is 37.3 Å². The molecule has 0 amide bonds. The van der Waals surface area contributed by atoms with E-state index in [0.717, 1.165) is 16.7 Å². The van der Waals surface area contributed by atoms with Gasteiger partial charge < -0.3 is 4.74 Å². The van der Waals surface area contributed by atoms with Gasteiger partial charge in [-0.15, -0.1) is 0 Å². The molecule has 0 aliphatic rings. The zero-order valence-corrected chi connectivity index (χ0v) is 16.4. The van der Waals surface area contributed by atoms with Crippen molar-refractivity contribution in [2.24, 2.45) is 0 Å². The van der Waals surface area contributed by atoms with Crippen molar-refractivity contribution in [2.75, 3.05) is 6.61 Å². The molecule has 2 heterocycles. The molecular weight excluding hydrogens is 393 g/mol. The summed E-state index contributed by atoms with van der Waals surface area (Å²) in [6.45, 7) is 0.504. The van der Waals surface area contributed by atoms with Gasteiger partial charge in [-0.25, -0.2) is 0 Å². The largest absolute Gasteiger partial charge is 0.483 e. The third kappa shape index (κ3) is 6.40. The van der Waals surface area contributed by atoms with Crippen LogP contribution in [0.15, 0.2) is 67.1 Å². The summed E-state index contributed by atoms with van der Waals surface area (Å²) in [6, 6.07) is 14.7. The van der Waals surface area contributed by atoms with Gasteiger partial charge in [0.05, 0.1) is 6.20 Å². The van der Waals surface area contributed by atoms with Crippen molar-refractivity contribution in [3.63, 3.8) is 0 Å². The Labute approximate surface area is 172 Å². The second-order valence-corrected chi connectivity index (χ2v) is 7.08. The standard InChI is InChI=1S/C23H21F3N2O2/c1-16(22-9-8-21(14-28-22)30-15-23(24,25)26)11-20(29)12-17-4-6-18(7-5-17)19-3-2-10-27-13-19/h2-10,13-14,16H,11-12,15H2,1H3/t16-/m0/s1. The van der Waals surface area contributed by atoms with Crippen LogP contribution in [-0.2, 0) is 11.2 Å². The molecule has 0 aliphatic carbocycles. The maximum absolute atomic E-state index is 12.4. The predicted molar refractivity (Wildman–Crippen MR) is 107 cm³/mol. The first-order valence-electron chi connectivity index (χ1n) is 9.47. The summed E-state index contributed by atoms with van der Waals surface area (Å²) < 4.78 is 41.2. The van der Waals surface area contributed by atoms with Gasteiger partial charge in [0.25, 0.3) is 0 Å². The van der Waals surface area contributed by atoms with Gasteiger partial charge in [0.2, 0.25) is 0 Å². The SMILES string of the molecule is C[C@@H](CC(=O)Cc1ccc(-c2cccnc2)cc1)c1ccc(OCC(F)(F)F)cn1. The molecule has 0 unspecified atom stereocenters. The number of hydrogen-bond donors (Lipinski definition) is 0. The van der Waals surface area contributed by atoms with E-state index in [1.54, 1.807) is 18.5 Å². The average molecular weight is 414 g/mol. The average Bonchev–Trinajstić information content (AvgIpc) is 2.73. The van der Waals surface area contributed by atoms with Crippen LogP contribution in [0.3, 0.4) is 0 Å². The number of benzene rings is 1. The maximum Gasteiger partial charge on any atom is 0.422 e. The van der Waals surface area contributed by atoms with Crippen molar-refractivity contribution in [2.45, 2.75) is 31.9 Å². The van der Waals surface area contributed by atoms with Crippen LogP contribution in [0.2, 0.25) is 0 Å². The number of nitrogens with zero attached hydrogens (tertiary/aromatic N) is 2. The van der Waals surface area contributed by atoms with Crippen LogP contribution in [0.25, 0.3) is 11.1 Å². The monoisotopic (exact) mass is 414 g/mol. The smallest absolute Gasteiger partial charge is 0.422 e. The maximum atomic E-state index is 12.4. The van der Waals surface area contributed by atoms with E-state index in [9.17, 15) is 18.0 Å². The van der Waals surface area contributed by atoms with Gasteiger partial charge in [-0.2, -0.15) is 13.2 Å². The van der Waals surface area contributed by atoms with E-state index in [1.165, 1.54) is 12.3 Å². The molecule has 3 aromatic rings. The molecule has 7 heteroatoms. The fourth-order valence-corrected chi connectivity index (χ4v) is 3.03. The van der Waals surface area contributed by atoms with E-state index in [1.807, 2.05) is 43.3 Å². The van der Waals surface area contributed by atoms with Gasteiger partial charge in [0.15, 0.2) is 6.61 Å². The van der Waals surface area contributed by atoms with Crippen LogP contribution in [0, 0.1) is 0 Å². The van der Waals surface area contributed by atoms with E-state index in [0.29, 0.717) is 18.5 Å². The Morgan fingerprint density at radius 2 is 1.80 bits per heavy atom. The summed E-state index contributed by atoms with van der Waals surface area (Å²) in [5.41, 5.74) is 3.60. The van der Waals surface area contributed by atoms with Crippen molar-refractivity contribution >= 4 is 5.78 Å². The molecule has 1 atom stereocenters. The number of alkyl halides is 3. The second kappa shape index (κ2) is 9.52. The Morgan fingerprint density at radius 3 is 2.40 bits per heavy atom. The molecule has 156 valence electrons. The predicted octanol–water partition coefficient (Wildman–Crippen LogP) is 5.39. The highest BCUT2D eigenvalue weighted by Gasteiger charge is 2.28. The van der Waals surface area contributed by atoms with Crippen LogP contribution >= 0.6 is 0 Å². The number of carbonyl (C=O) groups excluding carboxylic acids is 1. The Balaban J connectivity index is 1.53. The molecule has 0 bridgehead atoms. The Morgan fingerprint density at radius 1 is 1.03 bits per heavy atom. The Kier molecular flexibility index (Phi) is 6.82. The number of rotatable bonds is 8. The Hall–Kier alpha value is -3.22. The molecule has 2 aromatic heterocycles. The van der Waals surface area contributed by atoms with Crippen LogP contribution < -0.4 is 4.74 Å². The molecule has 0 fully saturated rings. The molecule has 3 rings (SSSR count). The molecule has 0 N–H and O–H groups in total. The van der Waals surface area contributed by atoms with Crippen LogP contribution in [0.4, 0.5) is 13.2 Å². The molecule has 0 saturated heterocycles. The van der Waals surface area contributed by atoms with E-state index in [4.69, 9.17) is 0 Å². The lowest BCUT2D eigenvalue weighted by Crippen LogP contribution is -2.19. The minimum absolute atomic E-state index is 0.0447. The molecule has 4 nitrogen and oxygen atoms in total. The first kappa shape index (κ1) is 21.5. The fourth-order valence-electron chi connectivity index (χ4n) is 3.03. The van der Waals surface area contributed by atoms with Gasteiger partial charge in [0.1, 0.15) is 11.5 Å². The summed E-state index contributed by atoms with van der Waals surface area (Å²) in [5, 5.41) is 0. The highest BCUT2D eigenvalue weighted by Crippen LogP contribution is 2.23. The summed E-state index contributed by atoms with van der Waals surface area (Å²) in [6.07, 6.45) is 0.961. The molecule has 0 saturated carbocycles. The third-order valence-corrected chi connectivity index (χ3v) is 4.55. The van der Waals surface area contributed by atoms with E-state index >= 15 is 0 Å². The number of ether oxygens (including phenoxy) is 1. The lowest BCUT2D eigenvalue weighted by molar-refractivity contribution is -0.153. The fraction of sp³-hybridized carbons (Fsp3) is 0.261. The van der Waals surface area contributed by atoms with Crippen molar-refractivity contribution in [1.82, 2.24) is 9.97 Å². The van der Waals surface area contributed by atoms with Crippen molar-refractivity contribution in [3.05, 3.63) is 78.4 Å². The lowest BCUT2D eigenvalue weighted by atomic mass is 9.96. The van der Waals surface area contributed by atoms with E-state index in [-0.39, 0.29) is 17.5 Å². The minimum Gasteiger partial charge on any atom is -0.483 e. The normalized spacial score (nSPS) is 12.4. The van der Waals surface area contributed by atoms with Crippen molar-refractivity contribution < 1.29 is 22.7 Å². The number of carbonyl (C=O) groups is 1. The number of pyridine rings is 2. The quantitative estimate of drug-likeness (QED) is 0.496. The van der Waals surface area contributed by atoms with Crippen molar-refractivity contribution in [1.29, 1.82) is 0 Å². The first-order chi connectivity index (χ1) is 14.3. The number of ketones is 1. The third-order valence-electron chi connectivity index (χ3n) is 4.55. The van der Waals surface area contributed by atoms with Gasteiger partial charge >= 0.3 is 6.18 Å². The Bertz CT molecular complexity index is 956. The molecule has 0 spiro atoms. The number of aromatic nitrogens is 2. The number of halogens is 3. The highest BCUT2D eigenvalue weighted by molar-refractivity contribution is 5.81. The number of hydrogen-bond acceptors (Lipinski definition) is 4. The van der Waals surface area contributed by atoms with Gasteiger partial charge in [-0.3, -0.25) is 14.8 Å².